The number of fused-ring (bicyclic) bond motifs is 1. The van der Waals surface area contributed by atoms with Crippen molar-refractivity contribution in [2.24, 2.45) is 0 Å². The molecule has 0 radical (unpaired) electrons. The van der Waals surface area contributed by atoms with E-state index in [0.717, 1.165) is 5.39 Å². The molecule has 1 heterocycles. The van der Waals surface area contributed by atoms with E-state index in [1.807, 2.05) is 36.4 Å². The molecule has 0 aliphatic carbocycles. The maximum absolute atomic E-state index is 12.0. The maximum Gasteiger partial charge on any atom is 0.248 e. The molecule has 24 heavy (non-hydrogen) atoms. The quantitative estimate of drug-likeness (QED) is 0.718. The highest BCUT2D eigenvalue weighted by molar-refractivity contribution is 6.02. The van der Waals surface area contributed by atoms with Crippen molar-refractivity contribution in [3.05, 3.63) is 60.4 Å². The number of hydrogen-bond acceptors (Lipinski definition) is 4. The number of para-hydroxylation sites is 1. The molecule has 0 aliphatic rings. The lowest BCUT2D eigenvalue weighted by molar-refractivity contribution is -0.111. The number of amides is 1. The van der Waals surface area contributed by atoms with E-state index in [-0.39, 0.29) is 5.91 Å². The lowest BCUT2D eigenvalue weighted by atomic mass is 10.2. The van der Waals surface area contributed by atoms with Crippen LogP contribution in [0.1, 0.15) is 5.76 Å². The molecule has 0 saturated heterocycles. The number of carbonyl (C=O) groups excluding carboxylic acids is 1. The third-order valence-corrected chi connectivity index (χ3v) is 3.48. The third-order valence-electron chi connectivity index (χ3n) is 3.48. The lowest BCUT2D eigenvalue weighted by Crippen LogP contribution is -2.07. The highest BCUT2D eigenvalue weighted by atomic mass is 16.5. The first-order chi connectivity index (χ1) is 11.7. The van der Waals surface area contributed by atoms with Crippen LogP contribution in [0.5, 0.6) is 11.5 Å². The van der Waals surface area contributed by atoms with Crippen molar-refractivity contribution in [2.75, 3.05) is 19.5 Å². The zero-order valence-electron chi connectivity index (χ0n) is 13.4. The summed E-state index contributed by atoms with van der Waals surface area (Å²) in [4.78, 5) is 12.0. The molecule has 1 aromatic heterocycles. The number of methoxy groups -OCH3 is 2. The Hall–Kier alpha value is -3.21. The highest BCUT2D eigenvalue weighted by Crippen LogP contribution is 2.28. The van der Waals surface area contributed by atoms with E-state index in [1.54, 1.807) is 32.4 Å². The predicted octanol–water partition coefficient (Wildman–Crippen LogP) is 4.10. The van der Waals surface area contributed by atoms with Gasteiger partial charge in [-0.1, -0.05) is 18.2 Å². The van der Waals surface area contributed by atoms with Crippen molar-refractivity contribution in [1.29, 1.82) is 0 Å². The molecule has 0 saturated carbocycles. The number of hydrogen-bond donors (Lipinski definition) is 1. The van der Waals surface area contributed by atoms with Crippen LogP contribution in [0.4, 0.5) is 5.69 Å². The molecular weight excluding hydrogens is 306 g/mol. The molecule has 5 nitrogen and oxygen atoms in total. The van der Waals surface area contributed by atoms with Crippen LogP contribution in [0.3, 0.4) is 0 Å². The third kappa shape index (κ3) is 3.41. The summed E-state index contributed by atoms with van der Waals surface area (Å²) in [6.07, 6.45) is 3.04. The summed E-state index contributed by atoms with van der Waals surface area (Å²) in [5, 5.41) is 3.69. The molecular formula is C19H17NO4. The Morgan fingerprint density at radius 2 is 1.92 bits per heavy atom. The highest BCUT2D eigenvalue weighted by Gasteiger charge is 2.07. The number of anilines is 1. The summed E-state index contributed by atoms with van der Waals surface area (Å²) in [6, 6.07) is 14.7. The summed E-state index contributed by atoms with van der Waals surface area (Å²) in [5.74, 6) is 1.67. The van der Waals surface area contributed by atoms with E-state index in [9.17, 15) is 4.79 Å². The molecule has 0 atom stereocenters. The van der Waals surface area contributed by atoms with Crippen LogP contribution in [0, 0.1) is 0 Å². The number of nitrogens with one attached hydrogen (secondary N) is 1. The number of benzene rings is 2. The van der Waals surface area contributed by atoms with Crippen LogP contribution >= 0.6 is 0 Å². The second kappa shape index (κ2) is 6.91. The molecule has 0 bridgehead atoms. The topological polar surface area (TPSA) is 60.7 Å². The summed E-state index contributed by atoms with van der Waals surface area (Å²) in [7, 11) is 3.17. The first-order valence-electron chi connectivity index (χ1n) is 7.39. The van der Waals surface area contributed by atoms with Gasteiger partial charge in [0.25, 0.3) is 0 Å². The largest absolute Gasteiger partial charge is 0.497 e. The minimum atomic E-state index is -0.254. The first-order valence-corrected chi connectivity index (χ1v) is 7.39. The lowest BCUT2D eigenvalue weighted by Gasteiger charge is -2.04. The standard InChI is InChI=1S/C19H17NO4/c1-22-15-7-4-6-14(12-15)20-18(21)10-9-16-11-13-5-3-8-17(23-2)19(13)24-16/h3-12H,1-2H3,(H,20,21)/b10-9+. The van der Waals surface area contributed by atoms with E-state index >= 15 is 0 Å². The zero-order valence-corrected chi connectivity index (χ0v) is 13.4. The molecule has 1 amide bonds. The average Bonchev–Trinajstić information content (AvgIpc) is 3.03. The minimum Gasteiger partial charge on any atom is -0.497 e. The van der Waals surface area contributed by atoms with Gasteiger partial charge in [-0.05, 0) is 30.3 Å². The maximum atomic E-state index is 12.0. The monoisotopic (exact) mass is 323 g/mol. The summed E-state index contributed by atoms with van der Waals surface area (Å²) in [5.41, 5.74) is 1.32. The smallest absolute Gasteiger partial charge is 0.248 e. The van der Waals surface area contributed by atoms with Crippen molar-refractivity contribution < 1.29 is 18.7 Å². The molecule has 3 rings (SSSR count). The van der Waals surface area contributed by atoms with E-state index in [2.05, 4.69) is 5.32 Å². The fourth-order valence-electron chi connectivity index (χ4n) is 2.34. The van der Waals surface area contributed by atoms with Crippen LogP contribution < -0.4 is 14.8 Å². The van der Waals surface area contributed by atoms with E-state index in [1.165, 1.54) is 6.08 Å². The van der Waals surface area contributed by atoms with Crippen LogP contribution in [-0.4, -0.2) is 20.1 Å². The predicted molar refractivity (Wildman–Crippen MR) is 93.4 cm³/mol. The van der Waals surface area contributed by atoms with Gasteiger partial charge in [-0.25, -0.2) is 0 Å². The van der Waals surface area contributed by atoms with E-state index in [4.69, 9.17) is 13.9 Å². The molecule has 5 heteroatoms. The van der Waals surface area contributed by atoms with Gasteiger partial charge < -0.3 is 19.2 Å². The Bertz CT molecular complexity index is 895. The van der Waals surface area contributed by atoms with E-state index < -0.39 is 0 Å². The second-order valence-corrected chi connectivity index (χ2v) is 5.08. The second-order valence-electron chi connectivity index (χ2n) is 5.08. The Balaban J connectivity index is 1.74. The van der Waals surface area contributed by atoms with Gasteiger partial charge in [0.15, 0.2) is 11.3 Å². The van der Waals surface area contributed by atoms with Gasteiger partial charge in [0.1, 0.15) is 11.5 Å². The SMILES string of the molecule is COc1cccc(NC(=O)/C=C/c2cc3cccc(OC)c3o2)c1. The van der Waals surface area contributed by atoms with Crippen LogP contribution in [0.15, 0.2) is 59.0 Å². The van der Waals surface area contributed by atoms with Crippen LogP contribution in [-0.2, 0) is 4.79 Å². The Morgan fingerprint density at radius 3 is 2.71 bits per heavy atom. The van der Waals surface area contributed by atoms with Crippen molar-refractivity contribution in [1.82, 2.24) is 0 Å². The Kier molecular flexibility index (Phi) is 4.52. The van der Waals surface area contributed by atoms with Gasteiger partial charge in [0.2, 0.25) is 5.91 Å². The van der Waals surface area contributed by atoms with Gasteiger partial charge in [0.05, 0.1) is 14.2 Å². The van der Waals surface area contributed by atoms with Gasteiger partial charge in [-0.3, -0.25) is 4.79 Å². The van der Waals surface area contributed by atoms with Crippen LogP contribution in [0.2, 0.25) is 0 Å². The molecule has 0 unspecified atom stereocenters. The Labute approximate surface area is 139 Å². The van der Waals surface area contributed by atoms with Crippen molar-refractivity contribution in [2.45, 2.75) is 0 Å². The average molecular weight is 323 g/mol. The van der Waals surface area contributed by atoms with Gasteiger partial charge in [0, 0.05) is 23.2 Å². The normalized spacial score (nSPS) is 10.9. The molecule has 0 aliphatic heterocycles. The van der Waals surface area contributed by atoms with E-state index in [0.29, 0.717) is 28.5 Å². The fourth-order valence-corrected chi connectivity index (χ4v) is 2.34. The van der Waals surface area contributed by atoms with Crippen molar-refractivity contribution >= 4 is 28.6 Å². The van der Waals surface area contributed by atoms with Crippen molar-refractivity contribution in [3.8, 4) is 11.5 Å². The molecule has 1 N–H and O–H groups in total. The molecule has 0 spiro atoms. The fraction of sp³-hybridized carbons (Fsp3) is 0.105. The number of ether oxygens (including phenoxy) is 2. The molecule has 122 valence electrons. The number of rotatable bonds is 5. The van der Waals surface area contributed by atoms with Gasteiger partial charge >= 0.3 is 0 Å². The van der Waals surface area contributed by atoms with Crippen molar-refractivity contribution in [3.63, 3.8) is 0 Å². The molecule has 2 aromatic carbocycles. The summed E-state index contributed by atoms with van der Waals surface area (Å²) < 4.78 is 16.1. The Morgan fingerprint density at radius 1 is 1.08 bits per heavy atom. The van der Waals surface area contributed by atoms with Gasteiger partial charge in [-0.2, -0.15) is 0 Å². The van der Waals surface area contributed by atoms with Crippen LogP contribution in [0.25, 0.3) is 17.0 Å². The molecule has 0 fully saturated rings. The first kappa shape index (κ1) is 15.7. The summed E-state index contributed by atoms with van der Waals surface area (Å²) >= 11 is 0. The van der Waals surface area contributed by atoms with Gasteiger partial charge in [-0.15, -0.1) is 0 Å². The summed E-state index contributed by atoms with van der Waals surface area (Å²) in [6.45, 7) is 0. The molecule has 3 aromatic rings. The minimum absolute atomic E-state index is 0.254. The number of furan rings is 1. The zero-order chi connectivity index (χ0) is 16.9. The number of carbonyl (C=O) groups is 1.